The first kappa shape index (κ1) is 18.8. The van der Waals surface area contributed by atoms with E-state index in [1.165, 1.54) is 12.1 Å². The van der Waals surface area contributed by atoms with E-state index in [1.807, 2.05) is 4.90 Å². The first-order valence-electron chi connectivity index (χ1n) is 8.56. The number of nitro groups is 1. The molecule has 0 unspecified atom stereocenters. The maximum atomic E-state index is 12.3. The highest BCUT2D eigenvalue weighted by Crippen LogP contribution is 2.25. The van der Waals surface area contributed by atoms with Crippen LogP contribution in [0.3, 0.4) is 0 Å². The Hall–Kier alpha value is -2.93. The normalized spacial score (nSPS) is 13.4. The third-order valence-electron chi connectivity index (χ3n) is 4.43. The van der Waals surface area contributed by atoms with E-state index in [0.717, 1.165) is 37.6 Å². The maximum Gasteiger partial charge on any atom is 0.288 e. The van der Waals surface area contributed by atoms with Gasteiger partial charge in [0.15, 0.2) is 0 Å². The minimum absolute atomic E-state index is 0.0245. The molecular weight excluding hydrogens is 370 g/mol. The smallest absolute Gasteiger partial charge is 0.288 e. The molecular formula is C19H18ClN3O4. The van der Waals surface area contributed by atoms with Gasteiger partial charge in [0.05, 0.1) is 11.3 Å². The van der Waals surface area contributed by atoms with Crippen LogP contribution in [0.15, 0.2) is 42.5 Å². The minimum Gasteiger partial charge on any atom is -0.342 e. The molecule has 1 aliphatic heterocycles. The predicted molar refractivity (Wildman–Crippen MR) is 102 cm³/mol. The van der Waals surface area contributed by atoms with Crippen molar-refractivity contribution < 1.29 is 14.5 Å². The molecule has 0 bridgehead atoms. The number of anilines is 1. The number of hydrogen-bond donors (Lipinski definition) is 1. The topological polar surface area (TPSA) is 92.6 Å². The number of nitrogens with one attached hydrogen (secondary N) is 1. The van der Waals surface area contributed by atoms with Crippen molar-refractivity contribution in [3.8, 4) is 0 Å². The Labute approximate surface area is 161 Å². The summed E-state index contributed by atoms with van der Waals surface area (Å²) in [6, 6.07) is 10.9. The van der Waals surface area contributed by atoms with Crippen molar-refractivity contribution in [3.05, 3.63) is 68.7 Å². The zero-order valence-electron chi connectivity index (χ0n) is 14.5. The highest BCUT2D eigenvalue weighted by Gasteiger charge is 2.18. The van der Waals surface area contributed by atoms with E-state index in [4.69, 9.17) is 11.6 Å². The Bertz CT molecular complexity index is 877. The van der Waals surface area contributed by atoms with Gasteiger partial charge in [-0.3, -0.25) is 19.7 Å². The average molecular weight is 388 g/mol. The van der Waals surface area contributed by atoms with Crippen molar-refractivity contribution in [2.24, 2.45) is 0 Å². The third kappa shape index (κ3) is 4.62. The fourth-order valence-corrected chi connectivity index (χ4v) is 3.14. The quantitative estimate of drug-likeness (QED) is 0.625. The number of carbonyl (C=O) groups is 2. The van der Waals surface area contributed by atoms with Gasteiger partial charge in [0.1, 0.15) is 5.02 Å². The second kappa shape index (κ2) is 8.18. The largest absolute Gasteiger partial charge is 0.342 e. The number of likely N-dealkylation sites (tertiary alicyclic amines) is 1. The lowest BCUT2D eigenvalue weighted by Gasteiger charge is -2.15. The standard InChI is InChI=1S/C19H18ClN3O4/c20-16-8-5-14(12-17(16)23(26)27)19(25)21-15-6-3-13(4-7-15)11-18(24)22-9-1-2-10-22/h3-8,12H,1-2,9-11H2,(H,21,25). The molecule has 3 rings (SSSR count). The number of benzene rings is 2. The van der Waals surface area contributed by atoms with Crippen molar-refractivity contribution in [1.29, 1.82) is 0 Å². The Kier molecular flexibility index (Phi) is 5.71. The van der Waals surface area contributed by atoms with E-state index >= 15 is 0 Å². The van der Waals surface area contributed by atoms with Crippen molar-refractivity contribution in [3.63, 3.8) is 0 Å². The minimum atomic E-state index is -0.634. The molecule has 0 spiro atoms. The van der Waals surface area contributed by atoms with Crippen LogP contribution in [0.1, 0.15) is 28.8 Å². The van der Waals surface area contributed by atoms with Crippen LogP contribution in [-0.2, 0) is 11.2 Å². The van der Waals surface area contributed by atoms with Crippen LogP contribution in [0, 0.1) is 10.1 Å². The first-order valence-corrected chi connectivity index (χ1v) is 8.94. The van der Waals surface area contributed by atoms with E-state index in [-0.39, 0.29) is 22.2 Å². The highest BCUT2D eigenvalue weighted by molar-refractivity contribution is 6.32. The van der Waals surface area contributed by atoms with E-state index in [1.54, 1.807) is 24.3 Å². The number of amides is 2. The molecule has 2 aromatic carbocycles. The lowest BCUT2D eigenvalue weighted by Crippen LogP contribution is -2.29. The number of halogens is 1. The molecule has 0 atom stereocenters. The molecule has 1 saturated heterocycles. The van der Waals surface area contributed by atoms with Gasteiger partial charge >= 0.3 is 0 Å². The van der Waals surface area contributed by atoms with Crippen LogP contribution in [-0.4, -0.2) is 34.7 Å². The molecule has 7 nitrogen and oxygen atoms in total. The Morgan fingerprint density at radius 1 is 1.11 bits per heavy atom. The predicted octanol–water partition coefficient (Wildman–Crippen LogP) is 3.67. The van der Waals surface area contributed by atoms with Gasteiger partial charge in [-0.05, 0) is 42.7 Å². The van der Waals surface area contributed by atoms with Crippen LogP contribution in [0.25, 0.3) is 0 Å². The van der Waals surface area contributed by atoms with Gasteiger partial charge in [-0.1, -0.05) is 23.7 Å². The fourth-order valence-electron chi connectivity index (χ4n) is 2.96. The lowest BCUT2D eigenvalue weighted by molar-refractivity contribution is -0.384. The fraction of sp³-hybridized carbons (Fsp3) is 0.263. The summed E-state index contributed by atoms with van der Waals surface area (Å²) in [4.78, 5) is 36.6. The molecule has 0 aromatic heterocycles. The Morgan fingerprint density at radius 3 is 2.41 bits per heavy atom. The van der Waals surface area contributed by atoms with Crippen molar-refractivity contribution in [2.75, 3.05) is 18.4 Å². The summed E-state index contributed by atoms with van der Waals surface area (Å²) >= 11 is 5.76. The zero-order valence-corrected chi connectivity index (χ0v) is 15.2. The van der Waals surface area contributed by atoms with Gasteiger partial charge in [-0.2, -0.15) is 0 Å². The van der Waals surface area contributed by atoms with Crippen LogP contribution < -0.4 is 5.32 Å². The molecule has 2 amide bonds. The van der Waals surface area contributed by atoms with E-state index in [0.29, 0.717) is 12.1 Å². The Balaban J connectivity index is 1.64. The molecule has 1 heterocycles. The summed E-state index contributed by atoms with van der Waals surface area (Å²) in [6.07, 6.45) is 2.44. The number of nitrogens with zero attached hydrogens (tertiary/aromatic N) is 2. The molecule has 1 N–H and O–H groups in total. The summed E-state index contributed by atoms with van der Waals surface area (Å²) in [5.74, 6) is -0.367. The van der Waals surface area contributed by atoms with Gasteiger partial charge in [0.2, 0.25) is 5.91 Å². The monoisotopic (exact) mass is 387 g/mol. The van der Waals surface area contributed by atoms with Crippen molar-refractivity contribution in [2.45, 2.75) is 19.3 Å². The molecule has 1 fully saturated rings. The number of carbonyl (C=O) groups excluding carboxylic acids is 2. The summed E-state index contributed by atoms with van der Waals surface area (Å²) in [5.41, 5.74) is 1.22. The van der Waals surface area contributed by atoms with Crippen molar-refractivity contribution >= 4 is 34.8 Å². The maximum absolute atomic E-state index is 12.3. The second-order valence-corrected chi connectivity index (χ2v) is 6.75. The van der Waals surface area contributed by atoms with Crippen LogP contribution in [0.4, 0.5) is 11.4 Å². The lowest BCUT2D eigenvalue weighted by atomic mass is 10.1. The average Bonchev–Trinajstić information content (AvgIpc) is 3.18. The third-order valence-corrected chi connectivity index (χ3v) is 4.75. The number of hydrogen-bond acceptors (Lipinski definition) is 4. The second-order valence-electron chi connectivity index (χ2n) is 6.34. The number of nitro benzene ring substituents is 1. The van der Waals surface area contributed by atoms with Crippen LogP contribution >= 0.6 is 11.6 Å². The summed E-state index contributed by atoms with van der Waals surface area (Å²) in [6.45, 7) is 1.64. The van der Waals surface area contributed by atoms with Gasteiger partial charge < -0.3 is 10.2 Å². The molecule has 2 aromatic rings. The van der Waals surface area contributed by atoms with Gasteiger partial charge in [0.25, 0.3) is 11.6 Å². The van der Waals surface area contributed by atoms with Gasteiger partial charge in [-0.15, -0.1) is 0 Å². The highest BCUT2D eigenvalue weighted by atomic mass is 35.5. The number of rotatable bonds is 5. The SMILES string of the molecule is O=C(Nc1ccc(CC(=O)N2CCCC2)cc1)c1ccc(Cl)c([N+](=O)[O-])c1. The molecule has 140 valence electrons. The summed E-state index contributed by atoms with van der Waals surface area (Å²) in [5, 5.41) is 13.6. The molecule has 8 heteroatoms. The molecule has 0 saturated carbocycles. The van der Waals surface area contributed by atoms with Crippen molar-refractivity contribution in [1.82, 2.24) is 4.90 Å². The molecule has 1 aliphatic rings. The molecule has 27 heavy (non-hydrogen) atoms. The van der Waals surface area contributed by atoms with E-state index in [2.05, 4.69) is 5.32 Å². The zero-order chi connectivity index (χ0) is 19.4. The van der Waals surface area contributed by atoms with Crippen LogP contribution in [0.2, 0.25) is 5.02 Å². The van der Waals surface area contributed by atoms with E-state index < -0.39 is 10.8 Å². The van der Waals surface area contributed by atoms with Crippen LogP contribution in [0.5, 0.6) is 0 Å². The Morgan fingerprint density at radius 2 is 1.78 bits per heavy atom. The summed E-state index contributed by atoms with van der Waals surface area (Å²) < 4.78 is 0. The summed E-state index contributed by atoms with van der Waals surface area (Å²) in [7, 11) is 0. The first-order chi connectivity index (χ1) is 12.9. The van der Waals surface area contributed by atoms with Gasteiger partial charge in [0, 0.05) is 30.4 Å². The van der Waals surface area contributed by atoms with Gasteiger partial charge in [-0.25, -0.2) is 0 Å². The molecule has 0 radical (unpaired) electrons. The molecule has 0 aliphatic carbocycles. The van der Waals surface area contributed by atoms with E-state index in [9.17, 15) is 19.7 Å².